The second-order valence-corrected chi connectivity index (χ2v) is 13.3. The highest BCUT2D eigenvalue weighted by molar-refractivity contribution is 5.97. The Morgan fingerprint density at radius 2 is 1.45 bits per heavy atom. The molecule has 1 heterocycles. The van der Waals surface area contributed by atoms with Gasteiger partial charge in [-0.2, -0.15) is 0 Å². The van der Waals surface area contributed by atoms with Crippen molar-refractivity contribution in [2.24, 2.45) is 0 Å². The SMILES string of the molecule is CCCCCCC=O.CNNC(=O)c1cnc(-c2ccc(CC(NC(=O)c3ccc(C(C)(C)C)cc3)C(=O)OC(C)(C)C)cc2)nc1. The molecule has 2 aromatic carbocycles. The molecule has 1 unspecified atom stereocenters. The van der Waals surface area contributed by atoms with Crippen molar-refractivity contribution in [3.05, 3.63) is 83.2 Å². The molecule has 3 aromatic rings. The van der Waals surface area contributed by atoms with Gasteiger partial charge in [0.25, 0.3) is 11.8 Å². The third kappa shape index (κ3) is 13.8. The minimum Gasteiger partial charge on any atom is -0.458 e. The maximum atomic E-state index is 13.1. The van der Waals surface area contributed by atoms with E-state index in [1.807, 2.05) is 36.4 Å². The fourth-order valence-corrected chi connectivity index (χ4v) is 4.39. The average Bonchev–Trinajstić information content (AvgIpc) is 3.02. The molecule has 0 radical (unpaired) electrons. The van der Waals surface area contributed by atoms with Gasteiger partial charge in [-0.1, -0.05) is 83.4 Å². The molecular formula is C37H51N5O5. The summed E-state index contributed by atoms with van der Waals surface area (Å²) in [6, 6.07) is 13.9. The molecule has 0 aliphatic carbocycles. The maximum Gasteiger partial charge on any atom is 0.329 e. The van der Waals surface area contributed by atoms with Gasteiger partial charge in [0.1, 0.15) is 17.9 Å². The zero-order chi connectivity index (χ0) is 35.0. The Bertz CT molecular complexity index is 1420. The highest BCUT2D eigenvalue weighted by atomic mass is 16.6. The predicted octanol–water partition coefficient (Wildman–Crippen LogP) is 6.14. The van der Waals surface area contributed by atoms with E-state index in [4.69, 9.17) is 4.74 Å². The van der Waals surface area contributed by atoms with Gasteiger partial charge in [0.15, 0.2) is 5.82 Å². The average molecular weight is 646 g/mol. The zero-order valence-corrected chi connectivity index (χ0v) is 29.1. The van der Waals surface area contributed by atoms with E-state index in [1.54, 1.807) is 40.0 Å². The van der Waals surface area contributed by atoms with E-state index >= 15 is 0 Å². The van der Waals surface area contributed by atoms with E-state index < -0.39 is 17.6 Å². The van der Waals surface area contributed by atoms with Crippen LogP contribution in [0, 0.1) is 0 Å². The van der Waals surface area contributed by atoms with Crippen LogP contribution in [-0.4, -0.2) is 52.7 Å². The Labute approximate surface area is 279 Å². The molecule has 0 aliphatic rings. The number of aldehydes is 1. The molecule has 2 amide bonds. The van der Waals surface area contributed by atoms with Gasteiger partial charge >= 0.3 is 5.97 Å². The van der Waals surface area contributed by atoms with E-state index in [2.05, 4.69) is 53.8 Å². The molecular weight excluding hydrogens is 594 g/mol. The molecule has 3 rings (SSSR count). The molecule has 0 saturated heterocycles. The topological polar surface area (TPSA) is 139 Å². The molecule has 3 N–H and O–H groups in total. The summed E-state index contributed by atoms with van der Waals surface area (Å²) in [7, 11) is 1.59. The number of unbranched alkanes of at least 4 members (excludes halogenated alkanes) is 4. The Morgan fingerprint density at radius 1 is 0.830 bits per heavy atom. The van der Waals surface area contributed by atoms with Crippen molar-refractivity contribution in [2.75, 3.05) is 7.05 Å². The van der Waals surface area contributed by atoms with Crippen LogP contribution in [0.4, 0.5) is 0 Å². The van der Waals surface area contributed by atoms with Crippen LogP contribution in [0.2, 0.25) is 0 Å². The van der Waals surface area contributed by atoms with Crippen LogP contribution >= 0.6 is 0 Å². The van der Waals surface area contributed by atoms with Crippen LogP contribution in [0.5, 0.6) is 0 Å². The summed E-state index contributed by atoms with van der Waals surface area (Å²) in [5.41, 5.74) is 7.78. The van der Waals surface area contributed by atoms with Gasteiger partial charge in [-0.25, -0.2) is 20.2 Å². The Morgan fingerprint density at radius 3 is 1.96 bits per heavy atom. The molecule has 10 nitrogen and oxygen atoms in total. The minimum absolute atomic E-state index is 0.0333. The summed E-state index contributed by atoms with van der Waals surface area (Å²) < 4.78 is 5.60. The highest BCUT2D eigenvalue weighted by Crippen LogP contribution is 2.22. The first-order chi connectivity index (χ1) is 22.2. The van der Waals surface area contributed by atoms with Crippen molar-refractivity contribution in [3.63, 3.8) is 0 Å². The Hall–Kier alpha value is -4.44. The number of ether oxygens (including phenoxy) is 1. The van der Waals surface area contributed by atoms with Gasteiger partial charge in [-0.15, -0.1) is 0 Å². The number of carbonyl (C=O) groups excluding carboxylic acids is 4. The predicted molar refractivity (Wildman–Crippen MR) is 185 cm³/mol. The summed E-state index contributed by atoms with van der Waals surface area (Å²) in [6.45, 7) is 13.9. The fourth-order valence-electron chi connectivity index (χ4n) is 4.39. The van der Waals surface area contributed by atoms with Gasteiger partial charge in [-0.05, 0) is 55.9 Å². The second kappa shape index (κ2) is 18.6. The quantitative estimate of drug-likeness (QED) is 0.0872. The van der Waals surface area contributed by atoms with Gasteiger partial charge in [-0.3, -0.25) is 15.0 Å². The Balaban J connectivity index is 0.000000849. The van der Waals surface area contributed by atoms with Crippen LogP contribution in [0.3, 0.4) is 0 Å². The normalized spacial score (nSPS) is 11.8. The van der Waals surface area contributed by atoms with Crippen LogP contribution in [0.1, 0.15) is 112 Å². The van der Waals surface area contributed by atoms with Crippen molar-refractivity contribution >= 4 is 24.1 Å². The molecule has 0 saturated carbocycles. The molecule has 0 fully saturated rings. The fraction of sp³-hybridized carbons (Fsp3) is 0.459. The van der Waals surface area contributed by atoms with Gasteiger partial charge in [0, 0.05) is 43.4 Å². The largest absolute Gasteiger partial charge is 0.458 e. The molecule has 1 atom stereocenters. The lowest BCUT2D eigenvalue weighted by atomic mass is 9.86. The molecule has 10 heteroatoms. The van der Waals surface area contributed by atoms with Crippen molar-refractivity contribution < 1.29 is 23.9 Å². The second-order valence-electron chi connectivity index (χ2n) is 13.3. The number of hydrogen-bond acceptors (Lipinski definition) is 8. The first-order valence-corrected chi connectivity index (χ1v) is 16.1. The lowest BCUT2D eigenvalue weighted by Crippen LogP contribution is -2.45. The summed E-state index contributed by atoms with van der Waals surface area (Å²) in [4.78, 5) is 56.3. The molecule has 47 heavy (non-hydrogen) atoms. The van der Waals surface area contributed by atoms with E-state index in [9.17, 15) is 19.2 Å². The number of carbonyl (C=O) groups is 4. The molecule has 254 valence electrons. The van der Waals surface area contributed by atoms with Crippen molar-refractivity contribution in [1.82, 2.24) is 26.1 Å². The van der Waals surface area contributed by atoms with E-state index in [0.29, 0.717) is 17.0 Å². The third-order valence-electron chi connectivity index (χ3n) is 6.99. The molecule has 0 spiro atoms. The van der Waals surface area contributed by atoms with Crippen molar-refractivity contribution in [3.8, 4) is 11.4 Å². The van der Waals surface area contributed by atoms with E-state index in [1.165, 1.54) is 31.7 Å². The molecule has 0 aliphatic heterocycles. The van der Waals surface area contributed by atoms with Gasteiger partial charge in [0.05, 0.1) is 5.56 Å². The molecule has 0 bridgehead atoms. The number of nitrogens with zero attached hydrogens (tertiary/aromatic N) is 2. The highest BCUT2D eigenvalue weighted by Gasteiger charge is 2.27. The van der Waals surface area contributed by atoms with Crippen molar-refractivity contribution in [2.45, 2.75) is 104 Å². The first-order valence-electron chi connectivity index (χ1n) is 16.1. The first kappa shape index (κ1) is 38.7. The van der Waals surface area contributed by atoms with Crippen LogP contribution in [-0.2, 0) is 26.2 Å². The lowest BCUT2D eigenvalue weighted by molar-refractivity contribution is -0.157. The summed E-state index contributed by atoms with van der Waals surface area (Å²) in [5, 5.41) is 2.85. The maximum absolute atomic E-state index is 13.1. The minimum atomic E-state index is -0.883. The monoisotopic (exact) mass is 645 g/mol. The van der Waals surface area contributed by atoms with Crippen molar-refractivity contribution in [1.29, 1.82) is 0 Å². The van der Waals surface area contributed by atoms with Gasteiger partial charge < -0.3 is 14.8 Å². The summed E-state index contributed by atoms with van der Waals surface area (Å²) in [5.74, 6) is -0.734. The third-order valence-corrected chi connectivity index (χ3v) is 6.99. The van der Waals surface area contributed by atoms with Crippen LogP contribution < -0.4 is 16.2 Å². The number of hydrogen-bond donors (Lipinski definition) is 3. The number of hydrazine groups is 1. The van der Waals surface area contributed by atoms with E-state index in [0.717, 1.165) is 35.8 Å². The van der Waals surface area contributed by atoms with Crippen LogP contribution in [0.15, 0.2) is 60.9 Å². The van der Waals surface area contributed by atoms with E-state index in [-0.39, 0.29) is 23.7 Å². The number of benzene rings is 2. The lowest BCUT2D eigenvalue weighted by Gasteiger charge is -2.25. The summed E-state index contributed by atoms with van der Waals surface area (Å²) >= 11 is 0. The smallest absolute Gasteiger partial charge is 0.329 e. The number of amides is 2. The standard InChI is InChI=1S/C30H37N5O4.C7H14O/c1-29(2,3)23-14-12-21(13-15-23)26(36)34-24(28(38)39-30(4,5)6)16-19-8-10-20(11-9-19)25-32-17-22(18-33-25)27(37)35-31-7;1-2-3-4-5-6-7-8/h8-15,17-18,24,31H,16H2,1-7H3,(H,34,36)(H,35,37);7H,2-6H2,1H3. The Kier molecular flexibility index (Phi) is 15.4. The zero-order valence-electron chi connectivity index (χ0n) is 29.1. The number of aromatic nitrogens is 2. The molecule has 1 aromatic heterocycles. The van der Waals surface area contributed by atoms with Gasteiger partial charge in [0.2, 0.25) is 0 Å². The number of nitrogens with one attached hydrogen (secondary N) is 3. The number of rotatable bonds is 13. The summed E-state index contributed by atoms with van der Waals surface area (Å²) in [6.07, 6.45) is 9.70. The van der Waals surface area contributed by atoms with Crippen LogP contribution in [0.25, 0.3) is 11.4 Å². The number of esters is 1.